The number of aliphatic imine (C=N–C) groups is 1. The molecule has 0 aliphatic carbocycles. The molecule has 0 unspecified atom stereocenters. The number of rotatable bonds is 6. The number of nitrogens with one attached hydrogen (secondary N) is 1. The zero-order valence-corrected chi connectivity index (χ0v) is 16.8. The van der Waals surface area contributed by atoms with Gasteiger partial charge in [-0.15, -0.1) is 0 Å². The van der Waals surface area contributed by atoms with Crippen molar-refractivity contribution in [2.75, 3.05) is 14.2 Å². The Hall–Kier alpha value is -3.94. The van der Waals surface area contributed by atoms with Crippen LogP contribution >= 0.6 is 0 Å². The molecule has 0 spiro atoms. The van der Waals surface area contributed by atoms with Crippen LogP contribution in [-0.2, 0) is 20.7 Å². The normalized spacial score (nSPS) is 11.2. The molecule has 154 valence electrons. The minimum absolute atomic E-state index is 0.133. The summed E-state index contributed by atoms with van der Waals surface area (Å²) in [5.74, 6) is -1.03. The van der Waals surface area contributed by atoms with E-state index < -0.39 is 11.9 Å². The number of methoxy groups -OCH3 is 2. The fourth-order valence-corrected chi connectivity index (χ4v) is 3.05. The third-order valence-corrected chi connectivity index (χ3v) is 4.49. The number of aromatic nitrogens is 2. The number of esters is 2. The first-order valence-electron chi connectivity index (χ1n) is 9.15. The van der Waals surface area contributed by atoms with Gasteiger partial charge in [-0.05, 0) is 31.2 Å². The average Bonchev–Trinajstić information content (AvgIpc) is 3.09. The van der Waals surface area contributed by atoms with Crippen LogP contribution in [0.2, 0.25) is 0 Å². The summed E-state index contributed by atoms with van der Waals surface area (Å²) in [5, 5.41) is 2.98. The van der Waals surface area contributed by atoms with Crippen LogP contribution in [0.3, 0.4) is 0 Å². The number of carbonyl (C=O) groups is 2. The van der Waals surface area contributed by atoms with E-state index >= 15 is 0 Å². The molecule has 3 aromatic rings. The molecule has 0 saturated heterocycles. The van der Waals surface area contributed by atoms with E-state index in [0.717, 1.165) is 0 Å². The predicted molar refractivity (Wildman–Crippen MR) is 112 cm³/mol. The van der Waals surface area contributed by atoms with Gasteiger partial charge in [-0.25, -0.2) is 9.48 Å². The Labute approximate surface area is 172 Å². The Balaban J connectivity index is 2.16. The van der Waals surface area contributed by atoms with Gasteiger partial charge in [0.2, 0.25) is 0 Å². The highest BCUT2D eigenvalue weighted by Crippen LogP contribution is 2.21. The van der Waals surface area contributed by atoms with Crippen LogP contribution in [0.1, 0.15) is 28.5 Å². The number of para-hydroxylation sites is 2. The summed E-state index contributed by atoms with van der Waals surface area (Å²) >= 11 is 0. The van der Waals surface area contributed by atoms with Crippen LogP contribution in [0.5, 0.6) is 0 Å². The van der Waals surface area contributed by atoms with E-state index in [4.69, 9.17) is 9.47 Å². The summed E-state index contributed by atoms with van der Waals surface area (Å²) in [7, 11) is 2.57. The molecular weight excluding hydrogens is 386 g/mol. The highest BCUT2D eigenvalue weighted by Gasteiger charge is 2.21. The third kappa shape index (κ3) is 4.22. The van der Waals surface area contributed by atoms with Crippen molar-refractivity contribution in [3.63, 3.8) is 0 Å². The third-order valence-electron chi connectivity index (χ3n) is 4.49. The highest BCUT2D eigenvalue weighted by molar-refractivity contribution is 6.03. The number of ether oxygens (including phenoxy) is 2. The van der Waals surface area contributed by atoms with E-state index in [9.17, 15) is 14.4 Å². The molecule has 8 nitrogen and oxygen atoms in total. The molecule has 1 N–H and O–H groups in total. The summed E-state index contributed by atoms with van der Waals surface area (Å²) in [5.41, 5.74) is 1.84. The van der Waals surface area contributed by atoms with Gasteiger partial charge in [0.15, 0.2) is 0 Å². The molecule has 0 atom stereocenters. The summed E-state index contributed by atoms with van der Waals surface area (Å²) in [6.45, 7) is 1.65. The molecule has 30 heavy (non-hydrogen) atoms. The maximum absolute atomic E-state index is 13.2. The second-order valence-electron chi connectivity index (χ2n) is 6.40. The van der Waals surface area contributed by atoms with Gasteiger partial charge in [-0.1, -0.05) is 30.3 Å². The van der Waals surface area contributed by atoms with Gasteiger partial charge in [0, 0.05) is 0 Å². The first-order valence-corrected chi connectivity index (χ1v) is 9.15. The number of carbonyl (C=O) groups excluding carboxylic acids is 2. The molecule has 0 fully saturated rings. The van der Waals surface area contributed by atoms with Gasteiger partial charge in [0.25, 0.3) is 5.56 Å². The second kappa shape index (κ2) is 9.04. The minimum Gasteiger partial charge on any atom is -0.469 e. The quantitative estimate of drug-likeness (QED) is 0.500. The topological polar surface area (TPSA) is 103 Å². The van der Waals surface area contributed by atoms with Crippen molar-refractivity contribution < 1.29 is 19.1 Å². The Morgan fingerprint density at radius 2 is 1.67 bits per heavy atom. The number of hydrogen-bond acceptors (Lipinski definition) is 6. The molecule has 3 rings (SSSR count). The van der Waals surface area contributed by atoms with Crippen molar-refractivity contribution in [3.8, 4) is 5.69 Å². The number of aromatic amines is 1. The molecular formula is C22H21N3O5. The average molecular weight is 407 g/mol. The fourth-order valence-electron chi connectivity index (χ4n) is 3.05. The largest absolute Gasteiger partial charge is 0.469 e. The second-order valence-corrected chi connectivity index (χ2v) is 6.40. The van der Waals surface area contributed by atoms with Crippen molar-refractivity contribution in [3.05, 3.63) is 81.8 Å². The van der Waals surface area contributed by atoms with E-state index in [1.54, 1.807) is 55.5 Å². The molecule has 0 aliphatic rings. The van der Waals surface area contributed by atoms with E-state index in [-0.39, 0.29) is 23.1 Å². The zero-order valence-electron chi connectivity index (χ0n) is 16.8. The van der Waals surface area contributed by atoms with E-state index in [2.05, 4.69) is 10.1 Å². The molecule has 0 aliphatic heterocycles. The van der Waals surface area contributed by atoms with Gasteiger partial charge < -0.3 is 9.47 Å². The number of benzene rings is 2. The lowest BCUT2D eigenvalue weighted by Crippen LogP contribution is -2.20. The van der Waals surface area contributed by atoms with Crippen LogP contribution in [0.15, 0.2) is 64.4 Å². The lowest BCUT2D eigenvalue weighted by Gasteiger charge is -2.05. The molecule has 1 heterocycles. The molecule has 8 heteroatoms. The SMILES string of the molecule is COC(=O)Cc1[nH]n(-c2ccccc2)c(=O)c1C(C)=Nc1ccccc1C(=O)OC. The summed E-state index contributed by atoms with van der Waals surface area (Å²) in [6, 6.07) is 15.6. The maximum atomic E-state index is 13.2. The van der Waals surface area contributed by atoms with Crippen LogP contribution in [0.4, 0.5) is 5.69 Å². The van der Waals surface area contributed by atoms with E-state index in [1.165, 1.54) is 18.9 Å². The van der Waals surface area contributed by atoms with Crippen LogP contribution < -0.4 is 5.56 Å². The molecule has 0 saturated carbocycles. The van der Waals surface area contributed by atoms with Crippen LogP contribution in [0, 0.1) is 0 Å². The van der Waals surface area contributed by atoms with Crippen molar-refractivity contribution in [1.82, 2.24) is 9.78 Å². The molecule has 1 aromatic heterocycles. The van der Waals surface area contributed by atoms with Gasteiger partial charge >= 0.3 is 11.9 Å². The Bertz CT molecular complexity index is 1160. The molecule has 0 radical (unpaired) electrons. The van der Waals surface area contributed by atoms with Crippen molar-refractivity contribution >= 4 is 23.3 Å². The Morgan fingerprint density at radius 1 is 1.00 bits per heavy atom. The van der Waals surface area contributed by atoms with Crippen molar-refractivity contribution in [1.29, 1.82) is 0 Å². The first kappa shape index (κ1) is 20.8. The highest BCUT2D eigenvalue weighted by atomic mass is 16.5. The standard InChI is InChI=1S/C22H21N3O5/c1-14(23-17-12-8-7-11-16(17)22(28)30-3)20-18(13-19(26)29-2)24-25(21(20)27)15-9-5-4-6-10-15/h4-12,24H,13H2,1-3H3. The Morgan fingerprint density at radius 3 is 2.33 bits per heavy atom. The first-order chi connectivity index (χ1) is 14.5. The fraction of sp³-hybridized carbons (Fsp3) is 0.182. The Kier molecular flexibility index (Phi) is 6.26. The number of H-pyrrole nitrogens is 1. The molecule has 0 amide bonds. The number of hydrogen-bond donors (Lipinski definition) is 1. The maximum Gasteiger partial charge on any atom is 0.340 e. The number of nitrogens with zero attached hydrogens (tertiary/aromatic N) is 2. The summed E-state index contributed by atoms with van der Waals surface area (Å²) in [6.07, 6.45) is -0.133. The monoisotopic (exact) mass is 407 g/mol. The van der Waals surface area contributed by atoms with Gasteiger partial charge in [-0.2, -0.15) is 0 Å². The smallest absolute Gasteiger partial charge is 0.340 e. The lowest BCUT2D eigenvalue weighted by molar-refractivity contribution is -0.139. The van der Waals surface area contributed by atoms with Gasteiger partial charge in [0.1, 0.15) is 0 Å². The summed E-state index contributed by atoms with van der Waals surface area (Å²) < 4.78 is 10.9. The van der Waals surface area contributed by atoms with Crippen LogP contribution in [0.25, 0.3) is 5.69 Å². The predicted octanol–water partition coefficient (Wildman–Crippen LogP) is 2.81. The van der Waals surface area contributed by atoms with Crippen molar-refractivity contribution in [2.45, 2.75) is 13.3 Å². The summed E-state index contributed by atoms with van der Waals surface area (Å²) in [4.78, 5) is 41.6. The zero-order chi connectivity index (χ0) is 21.7. The van der Waals surface area contributed by atoms with E-state index in [1.807, 2.05) is 6.07 Å². The molecule has 2 aromatic carbocycles. The van der Waals surface area contributed by atoms with Crippen LogP contribution in [-0.4, -0.2) is 41.7 Å². The molecule has 0 bridgehead atoms. The van der Waals surface area contributed by atoms with Gasteiger partial charge in [0.05, 0.1) is 54.5 Å². The van der Waals surface area contributed by atoms with Gasteiger partial charge in [-0.3, -0.25) is 19.7 Å². The minimum atomic E-state index is -0.535. The van der Waals surface area contributed by atoms with Crippen molar-refractivity contribution in [2.24, 2.45) is 4.99 Å². The van der Waals surface area contributed by atoms with E-state index in [0.29, 0.717) is 22.8 Å². The lowest BCUT2D eigenvalue weighted by atomic mass is 10.1.